The number of thiol groups is 1. The van der Waals surface area contributed by atoms with Crippen molar-refractivity contribution in [2.24, 2.45) is 0 Å². The molecule has 1 saturated heterocycles. The van der Waals surface area contributed by atoms with Crippen LogP contribution in [-0.4, -0.2) is 23.3 Å². The Balaban J connectivity index is 2.00. The van der Waals surface area contributed by atoms with Crippen LogP contribution in [0.3, 0.4) is 0 Å². The van der Waals surface area contributed by atoms with E-state index < -0.39 is 13.8 Å². The minimum atomic E-state index is -1.50. The fourth-order valence-electron chi connectivity index (χ4n) is 1.17. The molecule has 1 aromatic carbocycles. The van der Waals surface area contributed by atoms with Gasteiger partial charge in [0.15, 0.2) is 12.7 Å². The lowest BCUT2D eigenvalue weighted by Crippen LogP contribution is -2.10. The number of aliphatic hydroxyl groups excluding tert-OH is 1. The fourth-order valence-corrected chi connectivity index (χ4v) is 11.4. The highest BCUT2D eigenvalue weighted by atomic mass is 32.7. The number of hydrogen-bond donors (Lipinski definition) is 2. The maximum Gasteiger partial charge on any atom is 0.175 e. The van der Waals surface area contributed by atoms with E-state index in [2.05, 4.69) is 24.4 Å². The van der Waals surface area contributed by atoms with Crippen LogP contribution in [0.5, 0.6) is 0 Å². The summed E-state index contributed by atoms with van der Waals surface area (Å²) in [6, 6.07) is 10.3. The number of rotatable bonds is 2. The highest BCUT2D eigenvalue weighted by molar-refractivity contribution is 8.64. The van der Waals surface area contributed by atoms with E-state index in [-0.39, 0.29) is 6.35 Å². The molecule has 15 heavy (non-hydrogen) atoms. The lowest BCUT2D eigenvalue weighted by Gasteiger charge is -2.28. The van der Waals surface area contributed by atoms with E-state index in [9.17, 15) is 5.11 Å². The molecule has 0 saturated carbocycles. The van der Waals surface area contributed by atoms with E-state index in [0.29, 0.717) is 6.35 Å². The molecule has 0 aromatic heterocycles. The van der Waals surface area contributed by atoms with Gasteiger partial charge in [-0.1, -0.05) is 41.7 Å². The van der Waals surface area contributed by atoms with Gasteiger partial charge in [-0.3, -0.25) is 0 Å². The predicted molar refractivity (Wildman–Crippen MR) is 74.4 cm³/mol. The van der Waals surface area contributed by atoms with Crippen LogP contribution in [0.15, 0.2) is 30.3 Å². The number of aliphatic hydroxyl groups is 1. The Kier molecular flexibility index (Phi) is 4.34. The minimum absolute atomic E-state index is 0.182. The van der Waals surface area contributed by atoms with Crippen molar-refractivity contribution >= 4 is 42.7 Å². The van der Waals surface area contributed by atoms with Crippen LogP contribution < -0.4 is 5.30 Å². The second kappa shape index (κ2) is 5.35. The first kappa shape index (κ1) is 12.2. The largest absolute Gasteiger partial charge is 0.361 e. The first-order chi connectivity index (χ1) is 7.23. The van der Waals surface area contributed by atoms with Crippen LogP contribution >= 0.6 is 37.4 Å². The molecule has 1 heterocycles. The number of hydrogen-bond acceptors (Lipinski definition) is 4. The van der Waals surface area contributed by atoms with Gasteiger partial charge < -0.3 is 9.63 Å². The van der Waals surface area contributed by atoms with E-state index in [1.807, 2.05) is 18.2 Å². The molecule has 2 atom stereocenters. The summed E-state index contributed by atoms with van der Waals surface area (Å²) in [5.74, 6) is 0. The van der Waals surface area contributed by atoms with Crippen molar-refractivity contribution < 1.29 is 9.63 Å². The lowest BCUT2D eigenvalue weighted by molar-refractivity contribution is 0.361. The molecule has 0 amide bonds. The van der Waals surface area contributed by atoms with E-state index in [4.69, 9.17) is 4.52 Å². The van der Waals surface area contributed by atoms with Crippen molar-refractivity contribution in [3.8, 4) is 0 Å². The Morgan fingerprint density at radius 3 is 2.73 bits per heavy atom. The van der Waals surface area contributed by atoms with Crippen molar-refractivity contribution in [2.45, 2.75) is 0 Å². The minimum Gasteiger partial charge on any atom is -0.361 e. The fraction of sp³-hybridized carbons (Fsp3) is 0.333. The molecule has 1 aromatic rings. The van der Waals surface area contributed by atoms with Gasteiger partial charge in [-0.25, -0.2) is 0 Å². The Morgan fingerprint density at radius 1 is 1.47 bits per heavy atom. The molecule has 1 aliphatic rings. The summed E-state index contributed by atoms with van der Waals surface area (Å²) < 4.78 is 5.81. The normalized spacial score (nSPS) is 31.5. The van der Waals surface area contributed by atoms with Crippen LogP contribution in [0, 0.1) is 0 Å². The molecule has 1 aliphatic heterocycles. The Bertz CT molecular complexity index is 315. The predicted octanol–water partition coefficient (Wildman–Crippen LogP) is 3.11. The summed E-state index contributed by atoms with van der Waals surface area (Å²) in [6.45, 7) is -1.50. The summed E-state index contributed by atoms with van der Waals surface area (Å²) in [5.41, 5.74) is 0.952. The first-order valence-electron chi connectivity index (χ1n) is 4.54. The molecular formula is C9H13O2P2S2+. The second-order valence-electron chi connectivity index (χ2n) is 3.35. The molecule has 6 heteroatoms. The Labute approximate surface area is 101 Å². The topological polar surface area (TPSA) is 29.5 Å². The second-order valence-corrected chi connectivity index (χ2v) is 13.0. The lowest BCUT2D eigenvalue weighted by atomic mass is 10.4. The van der Waals surface area contributed by atoms with Gasteiger partial charge in [0.2, 0.25) is 0 Å². The summed E-state index contributed by atoms with van der Waals surface area (Å²) in [6.07, 6.45) is 0.821. The monoisotopic (exact) mass is 279 g/mol. The zero-order valence-electron chi connectivity index (χ0n) is 8.11. The van der Waals surface area contributed by atoms with Gasteiger partial charge in [-0.2, -0.15) is 0 Å². The average molecular weight is 279 g/mol. The molecular weight excluding hydrogens is 266 g/mol. The summed E-state index contributed by atoms with van der Waals surface area (Å²) in [4.78, 5) is 0. The molecule has 1 N–H and O–H groups in total. The average Bonchev–Trinajstić information content (AvgIpc) is 2.31. The Morgan fingerprint density at radius 2 is 2.20 bits per heavy atom. The maximum atomic E-state index is 9.19. The third-order valence-electron chi connectivity index (χ3n) is 2.06. The van der Waals surface area contributed by atoms with Crippen molar-refractivity contribution in [2.75, 3.05) is 18.2 Å². The molecule has 2 nitrogen and oxygen atoms in total. The van der Waals surface area contributed by atoms with Crippen LogP contribution in [0.4, 0.5) is 0 Å². The summed E-state index contributed by atoms with van der Waals surface area (Å²) >= 11 is 6.33. The van der Waals surface area contributed by atoms with Crippen LogP contribution in [0.1, 0.15) is 0 Å². The first-order valence-corrected chi connectivity index (χ1v) is 10.9. The smallest absolute Gasteiger partial charge is 0.175 e. The molecule has 82 valence electrons. The SMILES string of the molecule is OC[P+]1(S)COP(c2ccccc2)SC1. The van der Waals surface area contributed by atoms with Gasteiger partial charge in [0, 0.05) is 17.6 Å². The Hall–Kier alpha value is 0.700. The van der Waals surface area contributed by atoms with Crippen molar-refractivity contribution in [3.63, 3.8) is 0 Å². The third kappa shape index (κ3) is 3.09. The van der Waals surface area contributed by atoms with Gasteiger partial charge in [0.25, 0.3) is 0 Å². The van der Waals surface area contributed by atoms with Gasteiger partial charge >= 0.3 is 0 Å². The number of benzene rings is 1. The summed E-state index contributed by atoms with van der Waals surface area (Å²) in [7, 11) is -0.547. The highest BCUT2D eigenvalue weighted by Crippen LogP contribution is 2.74. The standard InChI is InChI=1S/C9H13O2P2S2/c10-6-13(14)7-11-12(15-8-13)9-4-2-1-3-5-9/h1-5,10,14H,6-8H2/q+1. The van der Waals surface area contributed by atoms with Gasteiger partial charge in [-0.05, 0) is 0 Å². The molecule has 0 bridgehead atoms. The third-order valence-corrected chi connectivity index (χ3v) is 11.6. The summed E-state index contributed by atoms with van der Waals surface area (Å²) in [5, 5.41) is 10.5. The van der Waals surface area contributed by atoms with E-state index in [0.717, 1.165) is 5.49 Å². The van der Waals surface area contributed by atoms with Gasteiger partial charge in [-0.15, -0.1) is 0 Å². The van der Waals surface area contributed by atoms with Crippen molar-refractivity contribution in [1.82, 2.24) is 0 Å². The molecule has 0 radical (unpaired) electrons. The molecule has 0 spiro atoms. The molecule has 2 rings (SSSR count). The zero-order valence-corrected chi connectivity index (χ0v) is 11.6. The maximum absolute atomic E-state index is 9.19. The quantitative estimate of drug-likeness (QED) is 0.644. The van der Waals surface area contributed by atoms with Gasteiger partial charge in [0.1, 0.15) is 19.3 Å². The van der Waals surface area contributed by atoms with Crippen LogP contribution in [0.2, 0.25) is 0 Å². The van der Waals surface area contributed by atoms with Gasteiger partial charge in [0.05, 0.1) is 0 Å². The van der Waals surface area contributed by atoms with Crippen LogP contribution in [-0.2, 0) is 4.52 Å². The van der Waals surface area contributed by atoms with Crippen molar-refractivity contribution in [3.05, 3.63) is 30.3 Å². The molecule has 0 aliphatic carbocycles. The highest BCUT2D eigenvalue weighted by Gasteiger charge is 2.40. The van der Waals surface area contributed by atoms with E-state index in [1.54, 1.807) is 11.4 Å². The zero-order chi connectivity index (χ0) is 10.7. The van der Waals surface area contributed by atoms with E-state index in [1.165, 1.54) is 5.30 Å². The van der Waals surface area contributed by atoms with E-state index >= 15 is 0 Å². The van der Waals surface area contributed by atoms with Crippen molar-refractivity contribution in [1.29, 1.82) is 0 Å². The van der Waals surface area contributed by atoms with Crippen LogP contribution in [0.25, 0.3) is 0 Å². The molecule has 1 fully saturated rings. The molecule has 2 unspecified atom stereocenters.